The van der Waals surface area contributed by atoms with Gasteiger partial charge in [-0.15, -0.1) is 0 Å². The number of methoxy groups -OCH3 is 4. The Kier molecular flexibility index (Phi) is 8.94. The van der Waals surface area contributed by atoms with Gasteiger partial charge in [-0.25, -0.2) is 4.79 Å². The van der Waals surface area contributed by atoms with E-state index in [2.05, 4.69) is 0 Å². The highest BCUT2D eigenvalue weighted by atomic mass is 35.5. The molecule has 31 heavy (non-hydrogen) atoms. The quantitative estimate of drug-likeness (QED) is 0.493. The summed E-state index contributed by atoms with van der Waals surface area (Å²) in [6.07, 6.45) is 4.92. The van der Waals surface area contributed by atoms with Gasteiger partial charge in [-0.1, -0.05) is 23.8 Å². The molecule has 0 fully saturated rings. The van der Waals surface area contributed by atoms with Crippen molar-refractivity contribution in [2.45, 2.75) is 25.7 Å². The molecule has 0 aliphatic heterocycles. The van der Waals surface area contributed by atoms with Crippen molar-refractivity contribution in [2.24, 2.45) is 0 Å². The second-order valence-corrected chi connectivity index (χ2v) is 7.29. The molecule has 1 unspecified atom stereocenters. The molecule has 0 radical (unpaired) electrons. The highest BCUT2D eigenvalue weighted by molar-refractivity contribution is 6.30. The summed E-state index contributed by atoms with van der Waals surface area (Å²) in [7, 11) is 5.75. The van der Waals surface area contributed by atoms with Gasteiger partial charge in [-0.3, -0.25) is 4.79 Å². The molecule has 0 spiro atoms. The molecular weight excluding hydrogens is 420 g/mol. The molecule has 2 rings (SSSR count). The lowest BCUT2D eigenvalue weighted by molar-refractivity contribution is -0.142. The molecule has 0 aromatic heterocycles. The minimum atomic E-state index is -0.522. The van der Waals surface area contributed by atoms with Gasteiger partial charge < -0.3 is 18.9 Å². The number of allylic oxidation sites excluding steroid dienone is 1. The Morgan fingerprint density at radius 1 is 1.03 bits per heavy atom. The maximum atomic E-state index is 12.4. The van der Waals surface area contributed by atoms with Crippen molar-refractivity contribution >= 4 is 29.6 Å². The lowest BCUT2D eigenvalue weighted by Crippen LogP contribution is -2.15. The second kappa shape index (κ2) is 11.4. The highest BCUT2D eigenvalue weighted by Gasteiger charge is 2.24. The predicted molar refractivity (Wildman–Crippen MR) is 120 cm³/mol. The number of rotatable bonds is 9. The van der Waals surface area contributed by atoms with Crippen LogP contribution in [0.4, 0.5) is 0 Å². The van der Waals surface area contributed by atoms with Gasteiger partial charge in [0, 0.05) is 10.6 Å². The Morgan fingerprint density at radius 3 is 2.39 bits per heavy atom. The third kappa shape index (κ3) is 6.01. The van der Waals surface area contributed by atoms with Gasteiger partial charge in [0.25, 0.3) is 0 Å². The Morgan fingerprint density at radius 2 is 1.77 bits per heavy atom. The van der Waals surface area contributed by atoms with E-state index in [0.717, 1.165) is 11.1 Å². The Bertz CT molecular complexity index is 967. The van der Waals surface area contributed by atoms with Crippen molar-refractivity contribution in [3.8, 4) is 11.5 Å². The van der Waals surface area contributed by atoms with Crippen molar-refractivity contribution in [1.29, 1.82) is 0 Å². The summed E-state index contributed by atoms with van der Waals surface area (Å²) in [6, 6.07) is 8.80. The zero-order valence-corrected chi connectivity index (χ0v) is 19.1. The Labute approximate surface area is 187 Å². The van der Waals surface area contributed by atoms with Crippen LogP contribution >= 0.6 is 11.6 Å². The second-order valence-electron chi connectivity index (χ2n) is 6.85. The van der Waals surface area contributed by atoms with E-state index in [9.17, 15) is 9.59 Å². The molecule has 0 aliphatic carbocycles. The Balaban J connectivity index is 2.23. The molecule has 0 N–H and O–H groups in total. The molecule has 6 nitrogen and oxygen atoms in total. The average Bonchev–Trinajstić information content (AvgIpc) is 2.77. The topological polar surface area (TPSA) is 71.1 Å². The number of esters is 2. The summed E-state index contributed by atoms with van der Waals surface area (Å²) in [6.45, 7) is 1.86. The van der Waals surface area contributed by atoms with Crippen molar-refractivity contribution in [2.75, 3.05) is 28.4 Å². The first-order chi connectivity index (χ1) is 14.9. The summed E-state index contributed by atoms with van der Waals surface area (Å²) >= 11 is 6.13. The molecular formula is C24H27ClO6. The zero-order chi connectivity index (χ0) is 23.0. The third-order valence-electron chi connectivity index (χ3n) is 4.89. The molecule has 0 aliphatic rings. The standard InChI is InChI=1S/C24H27ClO6/c1-15-12-16(13-20(22(15)29-3)24(27)31-5)8-6-7-9-18(23(26)30-4)19-14-17(25)10-11-21(19)28-2/h6,8,10-14,18H,7,9H2,1-5H3. The zero-order valence-electron chi connectivity index (χ0n) is 18.4. The van der Waals surface area contributed by atoms with Crippen LogP contribution in [0.2, 0.25) is 5.02 Å². The van der Waals surface area contributed by atoms with Crippen LogP contribution in [0.15, 0.2) is 36.4 Å². The third-order valence-corrected chi connectivity index (χ3v) is 5.13. The fourth-order valence-corrected chi connectivity index (χ4v) is 3.61. The van der Waals surface area contributed by atoms with Crippen LogP contribution in [0, 0.1) is 6.92 Å². The van der Waals surface area contributed by atoms with Gasteiger partial charge in [0.15, 0.2) is 0 Å². The summed E-state index contributed by atoms with van der Waals surface area (Å²) in [5.74, 6) is -0.275. The molecule has 7 heteroatoms. The smallest absolute Gasteiger partial charge is 0.341 e. The fourth-order valence-electron chi connectivity index (χ4n) is 3.43. The summed E-state index contributed by atoms with van der Waals surface area (Å²) in [5.41, 5.74) is 2.69. The van der Waals surface area contributed by atoms with Crippen LogP contribution in [0.3, 0.4) is 0 Å². The number of halogens is 1. The van der Waals surface area contributed by atoms with E-state index >= 15 is 0 Å². The SMILES string of the molecule is COC(=O)c1cc(C=CCCC(C(=O)OC)c2cc(Cl)ccc2OC)cc(C)c1OC. The number of ether oxygens (including phenoxy) is 4. The van der Waals surface area contributed by atoms with Crippen LogP contribution in [0.5, 0.6) is 11.5 Å². The van der Waals surface area contributed by atoms with Gasteiger partial charge in [-0.2, -0.15) is 0 Å². The van der Waals surface area contributed by atoms with E-state index in [0.29, 0.717) is 40.5 Å². The van der Waals surface area contributed by atoms with E-state index in [1.165, 1.54) is 21.3 Å². The summed E-state index contributed by atoms with van der Waals surface area (Å²) < 4.78 is 20.6. The van der Waals surface area contributed by atoms with E-state index in [1.807, 2.05) is 25.1 Å². The minimum absolute atomic E-state index is 0.359. The first-order valence-corrected chi connectivity index (χ1v) is 10.1. The molecule has 0 saturated heterocycles. The maximum Gasteiger partial charge on any atom is 0.341 e. The number of hydrogen-bond donors (Lipinski definition) is 0. The number of hydrogen-bond acceptors (Lipinski definition) is 6. The van der Waals surface area contributed by atoms with Crippen LogP contribution in [0.25, 0.3) is 6.08 Å². The lowest BCUT2D eigenvalue weighted by Gasteiger charge is -2.17. The molecule has 1 atom stereocenters. The van der Waals surface area contributed by atoms with Gasteiger partial charge >= 0.3 is 11.9 Å². The van der Waals surface area contributed by atoms with E-state index < -0.39 is 11.9 Å². The van der Waals surface area contributed by atoms with E-state index in [1.54, 1.807) is 31.4 Å². The van der Waals surface area contributed by atoms with Gasteiger partial charge in [0.05, 0.1) is 34.4 Å². The van der Waals surface area contributed by atoms with Crippen LogP contribution < -0.4 is 9.47 Å². The first-order valence-electron chi connectivity index (χ1n) is 9.71. The number of carbonyl (C=O) groups is 2. The molecule has 0 amide bonds. The maximum absolute atomic E-state index is 12.4. The summed E-state index contributed by atoms with van der Waals surface area (Å²) in [4.78, 5) is 24.5. The molecule has 166 valence electrons. The average molecular weight is 447 g/mol. The predicted octanol–water partition coefficient (Wildman–Crippen LogP) is 5.20. The number of benzene rings is 2. The largest absolute Gasteiger partial charge is 0.496 e. The minimum Gasteiger partial charge on any atom is -0.496 e. The van der Waals surface area contributed by atoms with Crippen molar-refractivity contribution in [1.82, 2.24) is 0 Å². The normalized spacial score (nSPS) is 11.8. The van der Waals surface area contributed by atoms with Crippen LogP contribution in [-0.2, 0) is 14.3 Å². The van der Waals surface area contributed by atoms with Gasteiger partial charge in [-0.05, 0) is 61.2 Å². The van der Waals surface area contributed by atoms with Crippen LogP contribution in [-0.4, -0.2) is 40.4 Å². The molecule has 0 bridgehead atoms. The van der Waals surface area contributed by atoms with E-state index in [4.69, 9.17) is 30.5 Å². The Hall–Kier alpha value is -2.99. The molecule has 0 saturated carbocycles. The van der Waals surface area contributed by atoms with Crippen molar-refractivity contribution < 1.29 is 28.5 Å². The molecule has 0 heterocycles. The monoisotopic (exact) mass is 446 g/mol. The van der Waals surface area contributed by atoms with Gasteiger partial charge in [0.1, 0.15) is 17.1 Å². The van der Waals surface area contributed by atoms with Gasteiger partial charge in [0.2, 0.25) is 0 Å². The summed E-state index contributed by atoms with van der Waals surface area (Å²) in [5, 5.41) is 0.518. The van der Waals surface area contributed by atoms with Crippen molar-refractivity contribution in [3.05, 3.63) is 63.7 Å². The van der Waals surface area contributed by atoms with Crippen LogP contribution in [0.1, 0.15) is 45.8 Å². The number of aryl methyl sites for hydroxylation is 1. The lowest BCUT2D eigenvalue weighted by atomic mass is 9.93. The molecule has 2 aromatic carbocycles. The fraction of sp³-hybridized carbons (Fsp3) is 0.333. The first kappa shape index (κ1) is 24.3. The van der Waals surface area contributed by atoms with Crippen molar-refractivity contribution in [3.63, 3.8) is 0 Å². The van der Waals surface area contributed by atoms with E-state index in [-0.39, 0.29) is 5.97 Å². The highest BCUT2D eigenvalue weighted by Crippen LogP contribution is 2.33. The number of carbonyl (C=O) groups excluding carboxylic acids is 2. The molecule has 2 aromatic rings.